The molecular weight excluding hydrogens is 394 g/mol. The van der Waals surface area contributed by atoms with Crippen LogP contribution >= 0.6 is 38.9 Å². The topological polar surface area (TPSA) is 37.4 Å². The van der Waals surface area contributed by atoms with Gasteiger partial charge in [0.25, 0.3) is 0 Å². The van der Waals surface area contributed by atoms with Crippen molar-refractivity contribution in [3.63, 3.8) is 0 Å². The first-order valence-electron chi connectivity index (χ1n) is 6.20. The second-order valence-corrected chi connectivity index (χ2v) is 8.72. The quantitative estimate of drug-likeness (QED) is 0.689. The van der Waals surface area contributed by atoms with Crippen LogP contribution in [0.3, 0.4) is 0 Å². The molecule has 1 heterocycles. The Balaban J connectivity index is 2.35. The van der Waals surface area contributed by atoms with Crippen molar-refractivity contribution in [1.82, 2.24) is 4.31 Å². The Bertz CT molecular complexity index is 743. The summed E-state index contributed by atoms with van der Waals surface area (Å²) in [5.74, 6) is 0.204. The summed E-state index contributed by atoms with van der Waals surface area (Å²) in [5.41, 5.74) is 1.67. The lowest BCUT2D eigenvalue weighted by molar-refractivity contribution is 0.465. The number of thiophene rings is 1. The Labute approximate surface area is 142 Å². The first-order valence-corrected chi connectivity index (χ1v) is 9.85. The van der Waals surface area contributed by atoms with E-state index in [1.165, 1.54) is 15.6 Å². The Morgan fingerprint density at radius 3 is 2.62 bits per heavy atom. The van der Waals surface area contributed by atoms with Crippen molar-refractivity contribution >= 4 is 48.9 Å². The van der Waals surface area contributed by atoms with Gasteiger partial charge in [-0.05, 0) is 29.5 Å². The van der Waals surface area contributed by atoms with Crippen LogP contribution < -0.4 is 0 Å². The maximum Gasteiger partial charge on any atom is 0.244 e. The van der Waals surface area contributed by atoms with E-state index in [1.54, 1.807) is 14.0 Å². The summed E-state index contributed by atoms with van der Waals surface area (Å²) >= 11 is 10.7. The minimum Gasteiger partial charge on any atom is -0.207 e. The van der Waals surface area contributed by atoms with E-state index < -0.39 is 10.0 Å². The molecule has 0 aliphatic carbocycles. The molecule has 3 nitrogen and oxygen atoms in total. The van der Waals surface area contributed by atoms with Gasteiger partial charge in [0.05, 0.1) is 5.88 Å². The lowest BCUT2D eigenvalue weighted by Crippen LogP contribution is -2.27. The zero-order chi connectivity index (χ0) is 15.6. The van der Waals surface area contributed by atoms with Crippen LogP contribution in [0, 0.1) is 6.92 Å². The SMILES string of the molecule is Cc1csc(CCl)c1S(=O)(=O)N(C)Cc1ccccc1Br. The molecule has 0 spiro atoms. The van der Waals surface area contributed by atoms with Crippen molar-refractivity contribution in [3.05, 3.63) is 50.1 Å². The largest absolute Gasteiger partial charge is 0.244 e. The van der Waals surface area contributed by atoms with E-state index in [9.17, 15) is 8.42 Å². The van der Waals surface area contributed by atoms with E-state index in [4.69, 9.17) is 11.6 Å². The van der Waals surface area contributed by atoms with Crippen molar-refractivity contribution in [2.75, 3.05) is 7.05 Å². The highest BCUT2D eigenvalue weighted by molar-refractivity contribution is 9.10. The zero-order valence-corrected chi connectivity index (χ0v) is 15.6. The monoisotopic (exact) mass is 407 g/mol. The molecule has 0 bridgehead atoms. The van der Waals surface area contributed by atoms with Gasteiger partial charge in [-0.25, -0.2) is 8.42 Å². The van der Waals surface area contributed by atoms with E-state index in [-0.39, 0.29) is 5.88 Å². The third kappa shape index (κ3) is 3.51. The fraction of sp³-hybridized carbons (Fsp3) is 0.286. The number of rotatable bonds is 5. The summed E-state index contributed by atoms with van der Waals surface area (Å²) in [6, 6.07) is 7.59. The van der Waals surface area contributed by atoms with Gasteiger partial charge in [0.1, 0.15) is 4.90 Å². The summed E-state index contributed by atoms with van der Waals surface area (Å²) in [7, 11) is -1.96. The first kappa shape index (κ1) is 17.0. The number of benzene rings is 1. The number of hydrogen-bond acceptors (Lipinski definition) is 3. The lowest BCUT2D eigenvalue weighted by atomic mass is 10.2. The van der Waals surface area contributed by atoms with Crippen molar-refractivity contribution in [2.24, 2.45) is 0 Å². The standard InChI is InChI=1S/C14H15BrClNO2S2/c1-10-9-20-13(7-16)14(10)21(18,19)17(2)8-11-5-3-4-6-12(11)15/h3-6,9H,7-8H2,1-2H3. The maximum atomic E-state index is 12.8. The highest BCUT2D eigenvalue weighted by Gasteiger charge is 2.27. The van der Waals surface area contributed by atoms with Crippen LogP contribution in [0.1, 0.15) is 16.0 Å². The maximum absolute atomic E-state index is 12.8. The molecule has 0 atom stereocenters. The molecule has 0 aliphatic heterocycles. The highest BCUT2D eigenvalue weighted by Crippen LogP contribution is 2.31. The van der Waals surface area contributed by atoms with Crippen LogP contribution in [0.5, 0.6) is 0 Å². The Kier molecular flexibility index (Phi) is 5.48. The molecule has 1 aromatic heterocycles. The van der Waals surface area contributed by atoms with Crippen molar-refractivity contribution in [1.29, 1.82) is 0 Å². The first-order chi connectivity index (χ1) is 9.87. The predicted octanol–water partition coefficient (Wildman–Crippen LogP) is 4.38. The van der Waals surface area contributed by atoms with E-state index >= 15 is 0 Å². The Morgan fingerprint density at radius 2 is 2.00 bits per heavy atom. The van der Waals surface area contributed by atoms with Crippen molar-refractivity contribution in [3.8, 4) is 0 Å². The van der Waals surface area contributed by atoms with Gasteiger partial charge in [0, 0.05) is 22.9 Å². The molecule has 0 saturated heterocycles. The Hall–Kier alpha value is -0.400. The highest BCUT2D eigenvalue weighted by atomic mass is 79.9. The van der Waals surface area contributed by atoms with Crippen molar-refractivity contribution < 1.29 is 8.42 Å². The molecule has 0 aliphatic rings. The molecule has 2 rings (SSSR count). The number of sulfonamides is 1. The average Bonchev–Trinajstić information content (AvgIpc) is 2.83. The van der Waals surface area contributed by atoms with Gasteiger partial charge in [-0.2, -0.15) is 4.31 Å². The summed E-state index contributed by atoms with van der Waals surface area (Å²) in [6.07, 6.45) is 0. The fourth-order valence-electron chi connectivity index (χ4n) is 2.03. The average molecular weight is 409 g/mol. The molecule has 0 saturated carbocycles. The lowest BCUT2D eigenvalue weighted by Gasteiger charge is -2.19. The summed E-state index contributed by atoms with van der Waals surface area (Å²) < 4.78 is 27.8. The summed E-state index contributed by atoms with van der Waals surface area (Å²) in [5, 5.41) is 1.83. The van der Waals surface area contributed by atoms with Gasteiger partial charge in [0.15, 0.2) is 0 Å². The number of nitrogens with zero attached hydrogens (tertiary/aromatic N) is 1. The normalized spacial score (nSPS) is 12.0. The van der Waals surface area contributed by atoms with Gasteiger partial charge in [-0.1, -0.05) is 34.1 Å². The van der Waals surface area contributed by atoms with Gasteiger partial charge in [0.2, 0.25) is 10.0 Å². The molecule has 0 amide bonds. The molecule has 0 N–H and O–H groups in total. The smallest absolute Gasteiger partial charge is 0.207 e. The number of aryl methyl sites for hydroxylation is 1. The van der Waals surface area contributed by atoms with Crippen LogP contribution in [-0.2, 0) is 22.4 Å². The van der Waals surface area contributed by atoms with Crippen LogP contribution in [0.25, 0.3) is 0 Å². The predicted molar refractivity (Wildman–Crippen MR) is 91.4 cm³/mol. The molecule has 21 heavy (non-hydrogen) atoms. The molecule has 7 heteroatoms. The van der Waals surface area contributed by atoms with Gasteiger partial charge in [-0.15, -0.1) is 22.9 Å². The van der Waals surface area contributed by atoms with E-state index in [2.05, 4.69) is 15.9 Å². The van der Waals surface area contributed by atoms with Crippen LogP contribution in [0.15, 0.2) is 39.0 Å². The fourth-order valence-corrected chi connectivity index (χ4v) is 5.59. The zero-order valence-electron chi connectivity index (χ0n) is 11.6. The van der Waals surface area contributed by atoms with Crippen molar-refractivity contribution in [2.45, 2.75) is 24.2 Å². The number of alkyl halides is 1. The number of hydrogen-bond donors (Lipinski definition) is 0. The molecule has 114 valence electrons. The molecule has 0 radical (unpaired) electrons. The van der Waals surface area contributed by atoms with Gasteiger partial charge >= 0.3 is 0 Å². The van der Waals surface area contributed by atoms with Gasteiger partial charge in [-0.3, -0.25) is 0 Å². The third-order valence-electron chi connectivity index (χ3n) is 3.13. The van der Waals surface area contributed by atoms with Crippen LogP contribution in [-0.4, -0.2) is 19.8 Å². The number of halogens is 2. The van der Waals surface area contributed by atoms with Gasteiger partial charge < -0.3 is 0 Å². The summed E-state index contributed by atoms with van der Waals surface area (Å²) in [6.45, 7) is 2.10. The molecule has 0 unspecified atom stereocenters. The molecule has 2 aromatic rings. The van der Waals surface area contributed by atoms with E-state index in [1.807, 2.05) is 29.6 Å². The minimum absolute atomic E-state index is 0.204. The minimum atomic E-state index is -3.55. The van der Waals surface area contributed by atoms with E-state index in [0.29, 0.717) is 16.3 Å². The molecular formula is C14H15BrClNO2S2. The molecule has 1 aromatic carbocycles. The Morgan fingerprint density at radius 1 is 1.33 bits per heavy atom. The van der Waals surface area contributed by atoms with Crippen LogP contribution in [0.2, 0.25) is 0 Å². The van der Waals surface area contributed by atoms with E-state index in [0.717, 1.165) is 15.6 Å². The van der Waals surface area contributed by atoms with Crippen LogP contribution in [0.4, 0.5) is 0 Å². The second-order valence-electron chi connectivity index (χ2n) is 4.66. The third-order valence-corrected chi connectivity index (χ3v) is 7.60. The summed E-state index contributed by atoms with van der Waals surface area (Å²) in [4.78, 5) is 1.03. The second kappa shape index (κ2) is 6.79. The molecule has 0 fully saturated rings.